The Morgan fingerprint density at radius 1 is 0.880 bits per heavy atom. The fourth-order valence-electron chi connectivity index (χ4n) is 6.35. The maximum absolute atomic E-state index is 13.0. The summed E-state index contributed by atoms with van der Waals surface area (Å²) in [6.45, 7) is 14.6. The van der Waals surface area contributed by atoms with Crippen molar-refractivity contribution in [3.8, 4) is 33.6 Å². The van der Waals surface area contributed by atoms with E-state index in [1.54, 1.807) is 18.3 Å². The van der Waals surface area contributed by atoms with E-state index in [1.165, 1.54) is 45.6 Å². The number of benzene rings is 3. The number of rotatable bonds is 5. The number of halogens is 1. The summed E-state index contributed by atoms with van der Waals surface area (Å²) in [4.78, 5) is 13.4. The summed E-state index contributed by atoms with van der Waals surface area (Å²) in [5.74, 6) is -0.994. The first-order chi connectivity index (χ1) is 24.8. The SMILES string of the molecule is [2H]C(C)(C)c1cc(-c2[c-]cc(F)cc2)ncc1[Si](C)(C)C.[2H]C([2H])([2H])c1ccc2c(n1)oc1c(-c3cc(-c4c(C)cc(C)cc4C)ccn3)[c-]ccc12.[Ir]. The van der Waals surface area contributed by atoms with E-state index in [4.69, 9.17) is 9.90 Å². The smallest absolute Gasteiger partial charge is 0.216 e. The Kier molecular flexibility index (Phi) is 9.44. The Hall–Kier alpha value is -4.29. The Morgan fingerprint density at radius 3 is 2.30 bits per heavy atom. The van der Waals surface area contributed by atoms with Gasteiger partial charge in [-0.3, -0.25) is 4.39 Å². The Balaban J connectivity index is 0.000000223. The zero-order valence-corrected chi connectivity index (χ0v) is 32.9. The first-order valence-corrected chi connectivity index (χ1v) is 19.8. The van der Waals surface area contributed by atoms with E-state index in [1.807, 2.05) is 50.4 Å². The van der Waals surface area contributed by atoms with Crippen LogP contribution < -0.4 is 5.19 Å². The first-order valence-electron chi connectivity index (χ1n) is 18.3. The fourth-order valence-corrected chi connectivity index (χ4v) is 7.93. The van der Waals surface area contributed by atoms with Crippen LogP contribution in [0.4, 0.5) is 4.39 Å². The summed E-state index contributed by atoms with van der Waals surface area (Å²) in [7, 11) is -1.57. The molecule has 0 aliphatic carbocycles. The molecule has 0 atom stereocenters. The van der Waals surface area contributed by atoms with Gasteiger partial charge in [0.2, 0.25) is 5.71 Å². The minimum atomic E-state index is -2.29. The van der Waals surface area contributed by atoms with Gasteiger partial charge in [-0.1, -0.05) is 79.8 Å². The maximum Gasteiger partial charge on any atom is 0.216 e. The van der Waals surface area contributed by atoms with Crippen LogP contribution in [0.1, 0.15) is 53.2 Å². The van der Waals surface area contributed by atoms with Crippen LogP contribution in [0, 0.1) is 45.6 Å². The van der Waals surface area contributed by atoms with Crippen molar-refractivity contribution in [1.82, 2.24) is 15.0 Å². The maximum atomic E-state index is 13.0. The quantitative estimate of drug-likeness (QED) is 0.128. The Morgan fingerprint density at radius 2 is 1.64 bits per heavy atom. The normalized spacial score (nSPS) is 13.1. The van der Waals surface area contributed by atoms with E-state index < -0.39 is 20.8 Å². The van der Waals surface area contributed by atoms with Crippen LogP contribution in [-0.2, 0) is 20.1 Å². The molecule has 0 fully saturated rings. The van der Waals surface area contributed by atoms with E-state index >= 15 is 0 Å². The number of hydrogen-bond donors (Lipinski definition) is 0. The van der Waals surface area contributed by atoms with Crippen molar-refractivity contribution in [3.05, 3.63) is 131 Å². The number of aryl methyl sites for hydroxylation is 4. The van der Waals surface area contributed by atoms with Crippen molar-refractivity contribution in [1.29, 1.82) is 0 Å². The monoisotopic (exact) mass is 860 g/mol. The van der Waals surface area contributed by atoms with Gasteiger partial charge in [-0.25, -0.2) is 4.98 Å². The molecule has 0 aliphatic heterocycles. The van der Waals surface area contributed by atoms with Gasteiger partial charge in [0.1, 0.15) is 0 Å². The second kappa shape index (κ2) is 14.9. The Labute approximate surface area is 315 Å². The molecule has 3 aromatic carbocycles. The fraction of sp³-hybridized carbons (Fsp3) is 0.233. The van der Waals surface area contributed by atoms with Crippen molar-refractivity contribution >= 4 is 35.3 Å². The summed E-state index contributed by atoms with van der Waals surface area (Å²) in [5, 5.41) is 2.83. The molecule has 7 rings (SSSR count). The molecule has 0 unspecified atom stereocenters. The van der Waals surface area contributed by atoms with Gasteiger partial charge < -0.3 is 14.4 Å². The van der Waals surface area contributed by atoms with Crippen LogP contribution in [0.3, 0.4) is 0 Å². The predicted molar refractivity (Wildman–Crippen MR) is 204 cm³/mol. The minimum Gasteiger partial charge on any atom is -0.486 e. The largest absolute Gasteiger partial charge is 0.486 e. The van der Waals surface area contributed by atoms with Gasteiger partial charge in [-0.2, -0.15) is 0 Å². The predicted octanol–water partition coefficient (Wildman–Crippen LogP) is 11.1. The zero-order chi connectivity index (χ0) is 38.5. The molecule has 7 aromatic rings. The van der Waals surface area contributed by atoms with Crippen LogP contribution in [0.2, 0.25) is 19.6 Å². The molecule has 257 valence electrons. The van der Waals surface area contributed by atoms with Crippen molar-refractivity contribution in [2.75, 3.05) is 0 Å². The van der Waals surface area contributed by atoms with E-state index in [0.29, 0.717) is 11.3 Å². The van der Waals surface area contributed by atoms with E-state index in [0.717, 1.165) is 44.4 Å². The molecule has 0 amide bonds. The van der Waals surface area contributed by atoms with Gasteiger partial charge >= 0.3 is 0 Å². The van der Waals surface area contributed by atoms with E-state index in [-0.39, 0.29) is 31.6 Å². The molecule has 0 bridgehead atoms. The summed E-state index contributed by atoms with van der Waals surface area (Å²) < 4.78 is 50.4. The van der Waals surface area contributed by atoms with Crippen LogP contribution >= 0.6 is 0 Å². The molecule has 4 aromatic heterocycles. The average Bonchev–Trinajstić information content (AvgIpc) is 3.46. The molecule has 7 heteroatoms. The van der Waals surface area contributed by atoms with Crippen molar-refractivity contribution in [2.24, 2.45) is 0 Å². The van der Waals surface area contributed by atoms with Crippen LogP contribution in [0.5, 0.6) is 0 Å². The van der Waals surface area contributed by atoms with Crippen LogP contribution in [0.25, 0.3) is 55.7 Å². The molecule has 0 saturated heterocycles. The Bertz CT molecular complexity index is 2450. The summed E-state index contributed by atoms with van der Waals surface area (Å²) in [5.41, 5.74) is 10.8. The molecule has 0 aliphatic rings. The van der Waals surface area contributed by atoms with Crippen LogP contribution in [0.15, 0.2) is 89.6 Å². The molecule has 0 spiro atoms. The number of furan rings is 1. The topological polar surface area (TPSA) is 51.8 Å². The number of pyridine rings is 3. The van der Waals surface area contributed by atoms with Gasteiger partial charge in [0, 0.05) is 54.9 Å². The molecule has 0 saturated carbocycles. The standard InChI is InChI=1S/C26H21N2O.C17H21FNSi.Ir/c1-15-12-16(2)24(17(3)13-15)19-10-11-27-23(14-19)22-7-5-6-20-21-9-8-18(4)28-26(21)29-25(20)22;1-12(2)15-10-16(13-6-8-14(18)9-7-13)19-11-17(15)20(3,4)5;/h5-6,8-14H,1-4H3;6,8-12H,1-5H3;/q2*-1;/i4D3;12D;. The van der Waals surface area contributed by atoms with E-state index in [2.05, 4.69) is 79.6 Å². The van der Waals surface area contributed by atoms with Gasteiger partial charge in [0.05, 0.1) is 13.7 Å². The number of fused-ring (bicyclic) bond motifs is 3. The third kappa shape index (κ3) is 7.71. The van der Waals surface area contributed by atoms with Crippen molar-refractivity contribution in [2.45, 2.75) is 67.0 Å². The van der Waals surface area contributed by atoms with Crippen molar-refractivity contribution in [3.63, 3.8) is 0 Å². The molecule has 4 nitrogen and oxygen atoms in total. The minimum absolute atomic E-state index is 0. The molecule has 50 heavy (non-hydrogen) atoms. The summed E-state index contributed by atoms with van der Waals surface area (Å²) >= 11 is 0. The molecular weight excluding hydrogens is 814 g/mol. The summed E-state index contributed by atoms with van der Waals surface area (Å²) in [6.07, 6.45) is 3.69. The summed E-state index contributed by atoms with van der Waals surface area (Å²) in [6, 6.07) is 28.0. The molecule has 4 heterocycles. The van der Waals surface area contributed by atoms with Gasteiger partial charge in [-0.05, 0) is 90.5 Å². The average molecular weight is 860 g/mol. The molecule has 1 radical (unpaired) electrons. The number of aromatic nitrogens is 3. The van der Waals surface area contributed by atoms with Crippen LogP contribution in [-0.4, -0.2) is 23.0 Å². The number of hydrogen-bond acceptors (Lipinski definition) is 4. The van der Waals surface area contributed by atoms with Gasteiger partial charge in [0.25, 0.3) is 0 Å². The second-order valence-electron chi connectivity index (χ2n) is 13.7. The molecular formula is C43H42FIrN3OSi-2. The third-order valence-corrected chi connectivity index (χ3v) is 10.6. The van der Waals surface area contributed by atoms with Gasteiger partial charge in [-0.15, -0.1) is 48.0 Å². The van der Waals surface area contributed by atoms with E-state index in [9.17, 15) is 4.39 Å². The van der Waals surface area contributed by atoms with Gasteiger partial charge in [0.15, 0.2) is 0 Å². The molecule has 0 N–H and O–H groups in total. The second-order valence-corrected chi connectivity index (χ2v) is 18.8. The van der Waals surface area contributed by atoms with Crippen molar-refractivity contribution < 1.29 is 34.4 Å². The number of nitrogens with zero attached hydrogens (tertiary/aromatic N) is 3. The zero-order valence-electron chi connectivity index (χ0n) is 33.5. The third-order valence-electron chi connectivity index (χ3n) is 8.58. The first kappa shape index (κ1) is 31.7.